The summed E-state index contributed by atoms with van der Waals surface area (Å²) in [5, 5.41) is 19.9. The molecule has 0 saturated carbocycles. The van der Waals surface area contributed by atoms with Crippen LogP contribution in [0.5, 0.6) is 11.5 Å². The molecule has 4 nitrogen and oxygen atoms in total. The normalized spacial score (nSPS) is 19.2. The van der Waals surface area contributed by atoms with Crippen LogP contribution in [0.15, 0.2) is 35.9 Å². The van der Waals surface area contributed by atoms with Gasteiger partial charge in [-0.15, -0.1) is 0 Å². The third kappa shape index (κ3) is 5.88. The van der Waals surface area contributed by atoms with E-state index in [1.54, 1.807) is 0 Å². The average molecular weight is 387 g/mol. The maximum Gasteiger partial charge on any atom is 0.306 e. The molecule has 2 rings (SSSR count). The van der Waals surface area contributed by atoms with Gasteiger partial charge in [-0.25, -0.2) is 0 Å². The van der Waals surface area contributed by atoms with E-state index >= 15 is 0 Å². The fourth-order valence-electron chi connectivity index (χ4n) is 4.00. The second-order valence-electron chi connectivity index (χ2n) is 8.01. The van der Waals surface area contributed by atoms with Crippen LogP contribution in [0, 0.1) is 5.92 Å². The Morgan fingerprint density at radius 1 is 1.32 bits per heavy atom. The van der Waals surface area contributed by atoms with Gasteiger partial charge in [-0.05, 0) is 63.1 Å². The van der Waals surface area contributed by atoms with E-state index in [-0.39, 0.29) is 30.6 Å². The predicted octanol–water partition coefficient (Wildman–Crippen LogP) is 5.99. The molecule has 154 valence electrons. The zero-order valence-electron chi connectivity index (χ0n) is 17.5. The average Bonchev–Trinajstić information content (AvgIpc) is 2.61. The molecular weight excluding hydrogens is 352 g/mol. The van der Waals surface area contributed by atoms with E-state index in [9.17, 15) is 9.90 Å². The lowest BCUT2D eigenvalue weighted by molar-refractivity contribution is -0.137. The number of aliphatic carboxylic acids is 1. The topological polar surface area (TPSA) is 66.8 Å². The number of carbonyl (C=O) groups is 1. The van der Waals surface area contributed by atoms with Gasteiger partial charge in [0.1, 0.15) is 11.5 Å². The molecule has 28 heavy (non-hydrogen) atoms. The molecule has 1 aromatic carbocycles. The van der Waals surface area contributed by atoms with Crippen molar-refractivity contribution in [2.75, 3.05) is 6.61 Å². The molecule has 0 saturated heterocycles. The first-order chi connectivity index (χ1) is 13.3. The van der Waals surface area contributed by atoms with E-state index in [2.05, 4.69) is 26.5 Å². The molecule has 1 aliphatic rings. The van der Waals surface area contributed by atoms with Gasteiger partial charge in [-0.1, -0.05) is 43.6 Å². The van der Waals surface area contributed by atoms with E-state index in [1.807, 2.05) is 19.1 Å². The Hall–Kier alpha value is -2.23. The fraction of sp³-hybridized carbons (Fsp3) is 0.542. The molecule has 2 unspecified atom stereocenters. The van der Waals surface area contributed by atoms with Crippen LogP contribution >= 0.6 is 0 Å². The molecule has 2 N–H and O–H groups in total. The number of carboxylic acid groups (broad SMARTS) is 1. The van der Waals surface area contributed by atoms with Crippen molar-refractivity contribution in [3.05, 3.63) is 47.1 Å². The molecule has 0 spiro atoms. The van der Waals surface area contributed by atoms with Gasteiger partial charge in [0.05, 0.1) is 13.0 Å². The van der Waals surface area contributed by atoms with Crippen molar-refractivity contribution in [1.29, 1.82) is 0 Å². The Balaban J connectivity index is 2.42. The van der Waals surface area contributed by atoms with E-state index in [0.717, 1.165) is 55.2 Å². The van der Waals surface area contributed by atoms with Crippen LogP contribution in [0.25, 0.3) is 0 Å². The molecule has 2 atom stereocenters. The number of phenols is 1. The minimum absolute atomic E-state index is 0.00392. The highest BCUT2D eigenvalue weighted by atomic mass is 16.5. The number of aryl methyl sites for hydroxylation is 1. The smallest absolute Gasteiger partial charge is 0.306 e. The van der Waals surface area contributed by atoms with Crippen LogP contribution in [0.3, 0.4) is 0 Å². The molecule has 0 aromatic heterocycles. The second kappa shape index (κ2) is 10.4. The number of aromatic hydroxyl groups is 1. The van der Waals surface area contributed by atoms with Crippen molar-refractivity contribution in [2.24, 2.45) is 5.92 Å². The molecule has 1 aromatic rings. The van der Waals surface area contributed by atoms with Crippen molar-refractivity contribution in [3.63, 3.8) is 0 Å². The van der Waals surface area contributed by atoms with E-state index in [0.29, 0.717) is 5.75 Å². The van der Waals surface area contributed by atoms with Gasteiger partial charge < -0.3 is 14.9 Å². The minimum atomic E-state index is -0.891. The number of phenolic OH excluding ortho intramolecular Hbond substituents is 1. The maximum atomic E-state index is 10.9. The predicted molar refractivity (Wildman–Crippen MR) is 113 cm³/mol. The third-order valence-electron chi connectivity index (χ3n) is 5.54. The van der Waals surface area contributed by atoms with Gasteiger partial charge in [0, 0.05) is 11.5 Å². The first-order valence-electron chi connectivity index (χ1n) is 10.4. The Morgan fingerprint density at radius 2 is 2.07 bits per heavy atom. The summed E-state index contributed by atoms with van der Waals surface area (Å²) in [6.45, 7) is 10.6. The quantitative estimate of drug-likeness (QED) is 0.382. The summed E-state index contributed by atoms with van der Waals surface area (Å²) in [6, 6.07) is 3.84. The van der Waals surface area contributed by atoms with Crippen LogP contribution in [-0.4, -0.2) is 22.8 Å². The number of hydrogen-bond acceptors (Lipinski definition) is 3. The first kappa shape index (κ1) is 22.1. The SMILES string of the molecule is C=C(C)C1CCC(C)=CC1c1c(O)cc(CCCCC)cc1OCCC(=O)O. The number of benzene rings is 1. The summed E-state index contributed by atoms with van der Waals surface area (Å²) in [4.78, 5) is 10.9. The summed E-state index contributed by atoms with van der Waals surface area (Å²) in [6.07, 6.45) is 8.37. The molecule has 0 bridgehead atoms. The second-order valence-corrected chi connectivity index (χ2v) is 8.01. The Bertz CT molecular complexity index is 732. The monoisotopic (exact) mass is 386 g/mol. The van der Waals surface area contributed by atoms with Crippen LogP contribution in [0.2, 0.25) is 0 Å². The summed E-state index contributed by atoms with van der Waals surface area (Å²) >= 11 is 0. The molecule has 0 fully saturated rings. The lowest BCUT2D eigenvalue weighted by Crippen LogP contribution is -2.18. The summed E-state index contributed by atoms with van der Waals surface area (Å²) in [5.74, 6) is 0.188. The van der Waals surface area contributed by atoms with Crippen LogP contribution in [0.4, 0.5) is 0 Å². The van der Waals surface area contributed by atoms with Crippen molar-refractivity contribution in [2.45, 2.75) is 71.6 Å². The van der Waals surface area contributed by atoms with Gasteiger partial charge in [0.15, 0.2) is 0 Å². The highest BCUT2D eigenvalue weighted by molar-refractivity contribution is 5.66. The number of ether oxygens (including phenoxy) is 1. The van der Waals surface area contributed by atoms with Gasteiger partial charge in [-0.2, -0.15) is 0 Å². The number of carboxylic acids is 1. The van der Waals surface area contributed by atoms with Gasteiger partial charge in [-0.3, -0.25) is 4.79 Å². The highest BCUT2D eigenvalue weighted by Gasteiger charge is 2.30. The van der Waals surface area contributed by atoms with Crippen LogP contribution in [-0.2, 0) is 11.2 Å². The zero-order chi connectivity index (χ0) is 20.7. The maximum absolute atomic E-state index is 10.9. The third-order valence-corrected chi connectivity index (χ3v) is 5.54. The minimum Gasteiger partial charge on any atom is -0.507 e. The van der Waals surface area contributed by atoms with Crippen LogP contribution < -0.4 is 4.74 Å². The van der Waals surface area contributed by atoms with Gasteiger partial charge in [0.25, 0.3) is 0 Å². The largest absolute Gasteiger partial charge is 0.507 e. The lowest BCUT2D eigenvalue weighted by atomic mass is 9.73. The zero-order valence-corrected chi connectivity index (χ0v) is 17.5. The summed E-state index contributed by atoms with van der Waals surface area (Å²) in [5.41, 5.74) is 4.18. The summed E-state index contributed by atoms with van der Waals surface area (Å²) < 4.78 is 5.89. The van der Waals surface area contributed by atoms with E-state index in [4.69, 9.17) is 9.84 Å². The number of hydrogen-bond donors (Lipinski definition) is 2. The van der Waals surface area contributed by atoms with Gasteiger partial charge in [0.2, 0.25) is 0 Å². The van der Waals surface area contributed by atoms with Crippen molar-refractivity contribution >= 4 is 5.97 Å². The molecule has 0 amide bonds. The lowest BCUT2D eigenvalue weighted by Gasteiger charge is -2.32. The molecule has 1 aliphatic carbocycles. The number of allylic oxidation sites excluding steroid dienone is 3. The molecule has 0 heterocycles. The van der Waals surface area contributed by atoms with Crippen molar-refractivity contribution in [1.82, 2.24) is 0 Å². The Labute approximate surface area is 168 Å². The van der Waals surface area contributed by atoms with Crippen molar-refractivity contribution < 1.29 is 19.7 Å². The van der Waals surface area contributed by atoms with E-state index in [1.165, 1.54) is 5.57 Å². The molecular formula is C24H34O4. The summed E-state index contributed by atoms with van der Waals surface area (Å²) in [7, 11) is 0. The standard InChI is InChI=1S/C24H34O4/c1-5-6-7-8-18-14-21(25)24(22(15-18)28-12-11-23(26)27)20-13-17(4)9-10-19(20)16(2)3/h13-15,19-20,25H,2,5-12H2,1,3-4H3,(H,26,27). The first-order valence-corrected chi connectivity index (χ1v) is 10.4. The molecule has 0 aliphatic heterocycles. The highest BCUT2D eigenvalue weighted by Crippen LogP contribution is 2.47. The van der Waals surface area contributed by atoms with Crippen LogP contribution in [0.1, 0.15) is 76.3 Å². The molecule has 0 radical (unpaired) electrons. The fourth-order valence-corrected chi connectivity index (χ4v) is 4.00. The van der Waals surface area contributed by atoms with Gasteiger partial charge >= 0.3 is 5.97 Å². The van der Waals surface area contributed by atoms with E-state index < -0.39 is 5.97 Å². The number of rotatable bonds is 10. The molecule has 4 heteroatoms. The Morgan fingerprint density at radius 3 is 2.71 bits per heavy atom. The number of unbranched alkanes of at least 4 members (excludes halogenated alkanes) is 2. The Kier molecular flexibility index (Phi) is 8.16. The van der Waals surface area contributed by atoms with Crippen molar-refractivity contribution in [3.8, 4) is 11.5 Å².